The van der Waals surface area contributed by atoms with Crippen LogP contribution in [0.4, 0.5) is 17.1 Å². The molecular formula is C16H18BrN3O. The van der Waals surface area contributed by atoms with Gasteiger partial charge in [-0.25, -0.2) is 0 Å². The molecule has 0 atom stereocenters. The highest BCUT2D eigenvalue weighted by atomic mass is 79.9. The summed E-state index contributed by atoms with van der Waals surface area (Å²) in [5.41, 5.74) is 9.99. The minimum atomic E-state index is -0.117. The van der Waals surface area contributed by atoms with Crippen molar-refractivity contribution in [3.63, 3.8) is 0 Å². The molecule has 0 unspecified atom stereocenters. The number of anilines is 3. The monoisotopic (exact) mass is 347 g/mol. The molecule has 4 nitrogen and oxygen atoms in total. The minimum Gasteiger partial charge on any atom is -0.397 e. The Labute approximate surface area is 132 Å². The number of amides is 1. The molecule has 0 fully saturated rings. The highest BCUT2D eigenvalue weighted by molar-refractivity contribution is 9.10. The molecule has 0 radical (unpaired) electrons. The van der Waals surface area contributed by atoms with Gasteiger partial charge in [0.15, 0.2) is 0 Å². The van der Waals surface area contributed by atoms with Crippen molar-refractivity contribution in [2.75, 3.05) is 17.6 Å². The molecule has 0 saturated carbocycles. The topological polar surface area (TPSA) is 67.2 Å². The van der Waals surface area contributed by atoms with Gasteiger partial charge in [0.2, 0.25) is 0 Å². The average molecular weight is 348 g/mol. The van der Waals surface area contributed by atoms with Crippen LogP contribution in [0.25, 0.3) is 0 Å². The summed E-state index contributed by atoms with van der Waals surface area (Å²) >= 11 is 3.47. The van der Waals surface area contributed by atoms with E-state index in [1.807, 2.05) is 38.1 Å². The Morgan fingerprint density at radius 1 is 1.24 bits per heavy atom. The SMILES string of the molecule is CCNC(=O)c1ccc(Nc2cc(C)cc(Br)c2)c(N)c1. The van der Waals surface area contributed by atoms with Crippen LogP contribution in [0.3, 0.4) is 0 Å². The average Bonchev–Trinajstić information content (AvgIpc) is 2.40. The first-order valence-corrected chi connectivity index (χ1v) is 7.51. The number of hydrogen-bond acceptors (Lipinski definition) is 3. The van der Waals surface area contributed by atoms with E-state index in [-0.39, 0.29) is 5.91 Å². The molecular weight excluding hydrogens is 330 g/mol. The lowest BCUT2D eigenvalue weighted by Crippen LogP contribution is -2.22. The molecule has 21 heavy (non-hydrogen) atoms. The van der Waals surface area contributed by atoms with Gasteiger partial charge in [0.05, 0.1) is 11.4 Å². The van der Waals surface area contributed by atoms with Gasteiger partial charge in [-0.3, -0.25) is 4.79 Å². The fourth-order valence-electron chi connectivity index (χ4n) is 2.04. The van der Waals surface area contributed by atoms with Crippen molar-refractivity contribution in [1.29, 1.82) is 0 Å². The number of rotatable bonds is 4. The molecule has 2 aromatic carbocycles. The summed E-state index contributed by atoms with van der Waals surface area (Å²) in [6, 6.07) is 11.3. The first-order valence-electron chi connectivity index (χ1n) is 6.71. The van der Waals surface area contributed by atoms with E-state index in [1.54, 1.807) is 12.1 Å². The molecule has 2 aromatic rings. The molecule has 0 bridgehead atoms. The summed E-state index contributed by atoms with van der Waals surface area (Å²) in [7, 11) is 0. The Morgan fingerprint density at radius 2 is 2.00 bits per heavy atom. The Morgan fingerprint density at radius 3 is 2.62 bits per heavy atom. The van der Waals surface area contributed by atoms with Crippen LogP contribution >= 0.6 is 15.9 Å². The van der Waals surface area contributed by atoms with Crippen molar-refractivity contribution in [1.82, 2.24) is 5.32 Å². The van der Waals surface area contributed by atoms with Crippen molar-refractivity contribution < 1.29 is 4.79 Å². The second-order valence-electron chi connectivity index (χ2n) is 4.80. The first-order chi connectivity index (χ1) is 9.99. The van der Waals surface area contributed by atoms with Gasteiger partial charge in [0, 0.05) is 22.3 Å². The third-order valence-electron chi connectivity index (χ3n) is 2.97. The quantitative estimate of drug-likeness (QED) is 0.736. The number of nitrogen functional groups attached to an aromatic ring is 1. The van der Waals surface area contributed by atoms with E-state index >= 15 is 0 Å². The largest absolute Gasteiger partial charge is 0.397 e. The first kappa shape index (κ1) is 15.4. The number of halogens is 1. The third kappa shape index (κ3) is 3.98. The van der Waals surface area contributed by atoms with Crippen LogP contribution in [0, 0.1) is 6.92 Å². The van der Waals surface area contributed by atoms with Crippen molar-refractivity contribution in [2.45, 2.75) is 13.8 Å². The molecule has 110 valence electrons. The summed E-state index contributed by atoms with van der Waals surface area (Å²) in [5.74, 6) is -0.117. The molecule has 0 aliphatic heterocycles. The Bertz CT molecular complexity index is 650. The summed E-state index contributed by atoms with van der Waals surface area (Å²) in [4.78, 5) is 11.8. The lowest BCUT2D eigenvalue weighted by molar-refractivity contribution is 0.0956. The highest BCUT2D eigenvalue weighted by Crippen LogP contribution is 2.27. The lowest BCUT2D eigenvalue weighted by Gasteiger charge is -2.12. The standard InChI is InChI=1S/C16H18BrN3O/c1-3-19-16(21)11-4-5-15(14(18)8-11)20-13-7-10(2)6-12(17)9-13/h4-9,20H,3,18H2,1-2H3,(H,19,21). The van der Waals surface area contributed by atoms with E-state index in [9.17, 15) is 4.79 Å². The normalized spacial score (nSPS) is 10.2. The summed E-state index contributed by atoms with van der Waals surface area (Å²) in [6.07, 6.45) is 0. The minimum absolute atomic E-state index is 0.117. The second-order valence-corrected chi connectivity index (χ2v) is 5.72. The van der Waals surface area contributed by atoms with Gasteiger partial charge >= 0.3 is 0 Å². The van der Waals surface area contributed by atoms with Gasteiger partial charge in [0.1, 0.15) is 0 Å². The second kappa shape index (κ2) is 6.63. The van der Waals surface area contributed by atoms with Crippen LogP contribution < -0.4 is 16.4 Å². The summed E-state index contributed by atoms with van der Waals surface area (Å²) < 4.78 is 1.00. The molecule has 0 aromatic heterocycles. The molecule has 0 saturated heterocycles. The molecule has 2 rings (SSSR count). The molecule has 0 heterocycles. The maximum absolute atomic E-state index is 11.8. The van der Waals surface area contributed by atoms with Gasteiger partial charge in [-0.2, -0.15) is 0 Å². The van der Waals surface area contributed by atoms with Crippen LogP contribution in [-0.2, 0) is 0 Å². The molecule has 0 aliphatic carbocycles. The van der Waals surface area contributed by atoms with Gasteiger partial charge in [-0.1, -0.05) is 15.9 Å². The third-order valence-corrected chi connectivity index (χ3v) is 3.43. The Hall–Kier alpha value is -2.01. The number of nitrogens with one attached hydrogen (secondary N) is 2. The van der Waals surface area contributed by atoms with E-state index in [0.29, 0.717) is 17.8 Å². The summed E-state index contributed by atoms with van der Waals surface area (Å²) in [6.45, 7) is 4.50. The number of benzene rings is 2. The Kier molecular flexibility index (Phi) is 4.85. The van der Waals surface area contributed by atoms with Gasteiger partial charge < -0.3 is 16.4 Å². The molecule has 4 N–H and O–H groups in total. The van der Waals surface area contributed by atoms with Crippen LogP contribution in [0.2, 0.25) is 0 Å². The van der Waals surface area contributed by atoms with E-state index < -0.39 is 0 Å². The Balaban J connectivity index is 2.23. The van der Waals surface area contributed by atoms with Crippen molar-refractivity contribution in [3.8, 4) is 0 Å². The molecule has 0 spiro atoms. The van der Waals surface area contributed by atoms with Crippen molar-refractivity contribution in [3.05, 3.63) is 52.0 Å². The number of nitrogens with two attached hydrogens (primary N) is 1. The zero-order valence-corrected chi connectivity index (χ0v) is 13.6. The highest BCUT2D eigenvalue weighted by Gasteiger charge is 2.07. The fourth-order valence-corrected chi connectivity index (χ4v) is 2.65. The van der Waals surface area contributed by atoms with Crippen LogP contribution in [-0.4, -0.2) is 12.5 Å². The molecule has 5 heteroatoms. The van der Waals surface area contributed by atoms with E-state index in [1.165, 1.54) is 0 Å². The zero-order valence-electron chi connectivity index (χ0n) is 12.0. The van der Waals surface area contributed by atoms with E-state index in [0.717, 1.165) is 21.4 Å². The lowest BCUT2D eigenvalue weighted by atomic mass is 10.1. The predicted octanol–water partition coefficient (Wildman–Crippen LogP) is 3.83. The van der Waals surface area contributed by atoms with Gasteiger partial charge in [-0.05, 0) is 55.8 Å². The number of aryl methyl sites for hydroxylation is 1. The van der Waals surface area contributed by atoms with Gasteiger partial charge in [-0.15, -0.1) is 0 Å². The smallest absolute Gasteiger partial charge is 0.251 e. The molecule has 1 amide bonds. The zero-order chi connectivity index (χ0) is 15.4. The number of carbonyl (C=O) groups is 1. The van der Waals surface area contributed by atoms with Gasteiger partial charge in [0.25, 0.3) is 5.91 Å². The van der Waals surface area contributed by atoms with E-state index in [2.05, 4.69) is 26.6 Å². The van der Waals surface area contributed by atoms with Crippen molar-refractivity contribution in [2.24, 2.45) is 0 Å². The van der Waals surface area contributed by atoms with Crippen LogP contribution in [0.15, 0.2) is 40.9 Å². The van der Waals surface area contributed by atoms with Crippen molar-refractivity contribution >= 4 is 38.9 Å². The van der Waals surface area contributed by atoms with Crippen LogP contribution in [0.1, 0.15) is 22.8 Å². The number of hydrogen-bond donors (Lipinski definition) is 3. The van der Waals surface area contributed by atoms with Crippen LogP contribution in [0.5, 0.6) is 0 Å². The fraction of sp³-hybridized carbons (Fsp3) is 0.188. The maximum Gasteiger partial charge on any atom is 0.251 e. The van der Waals surface area contributed by atoms with E-state index in [4.69, 9.17) is 5.73 Å². The maximum atomic E-state index is 11.8. The number of carbonyl (C=O) groups excluding carboxylic acids is 1. The molecule has 0 aliphatic rings. The predicted molar refractivity (Wildman–Crippen MR) is 91.0 cm³/mol. The summed E-state index contributed by atoms with van der Waals surface area (Å²) in [5, 5.41) is 6.02.